The molecule has 0 aromatic heterocycles. The van der Waals surface area contributed by atoms with Gasteiger partial charge in [0.2, 0.25) is 0 Å². The van der Waals surface area contributed by atoms with Gasteiger partial charge < -0.3 is 15.0 Å². The molecular formula is C17H24N2O3. The lowest BCUT2D eigenvalue weighted by atomic mass is 9.87. The van der Waals surface area contributed by atoms with Gasteiger partial charge in [0.05, 0.1) is 7.11 Å². The van der Waals surface area contributed by atoms with Gasteiger partial charge in [0.25, 0.3) is 0 Å². The number of urea groups is 1. The molecule has 22 heavy (non-hydrogen) atoms. The summed E-state index contributed by atoms with van der Waals surface area (Å²) in [5, 5.41) is 2.85. The predicted octanol–water partition coefficient (Wildman–Crippen LogP) is 3.15. The monoisotopic (exact) mass is 304 g/mol. The zero-order valence-electron chi connectivity index (χ0n) is 13.7. The van der Waals surface area contributed by atoms with E-state index in [1.165, 1.54) is 12.7 Å². The first kappa shape index (κ1) is 16.3. The third kappa shape index (κ3) is 3.59. The van der Waals surface area contributed by atoms with E-state index in [4.69, 9.17) is 4.74 Å². The van der Waals surface area contributed by atoms with E-state index >= 15 is 0 Å². The van der Waals surface area contributed by atoms with E-state index in [0.29, 0.717) is 13.0 Å². The highest BCUT2D eigenvalue weighted by Gasteiger charge is 2.34. The van der Waals surface area contributed by atoms with Crippen LogP contribution in [0.1, 0.15) is 39.2 Å². The van der Waals surface area contributed by atoms with E-state index in [2.05, 4.69) is 26.1 Å². The Kier molecular flexibility index (Phi) is 4.74. The SMILES string of the molecule is COC(=O)C1CCCN1C(=O)Nc1ccc(C(C)(C)C)cc1. The minimum atomic E-state index is -0.473. The molecular weight excluding hydrogens is 280 g/mol. The van der Waals surface area contributed by atoms with Gasteiger partial charge in [-0.2, -0.15) is 0 Å². The van der Waals surface area contributed by atoms with Crippen molar-refractivity contribution >= 4 is 17.7 Å². The number of methoxy groups -OCH3 is 1. The predicted molar refractivity (Wildman–Crippen MR) is 85.9 cm³/mol. The van der Waals surface area contributed by atoms with Crippen LogP contribution >= 0.6 is 0 Å². The summed E-state index contributed by atoms with van der Waals surface area (Å²) in [4.78, 5) is 25.6. The maximum atomic E-state index is 12.3. The third-order valence-electron chi connectivity index (χ3n) is 3.99. The Labute approximate surface area is 131 Å². The van der Waals surface area contributed by atoms with Gasteiger partial charge >= 0.3 is 12.0 Å². The summed E-state index contributed by atoms with van der Waals surface area (Å²) in [6, 6.07) is 7.08. The number of rotatable bonds is 2. The topological polar surface area (TPSA) is 58.6 Å². The molecule has 1 fully saturated rings. The van der Waals surface area contributed by atoms with Crippen LogP contribution in [0.5, 0.6) is 0 Å². The van der Waals surface area contributed by atoms with E-state index in [-0.39, 0.29) is 17.4 Å². The number of ether oxygens (including phenoxy) is 1. The molecule has 0 saturated carbocycles. The molecule has 0 bridgehead atoms. The summed E-state index contributed by atoms with van der Waals surface area (Å²) in [7, 11) is 1.35. The fraction of sp³-hybridized carbons (Fsp3) is 0.529. The van der Waals surface area contributed by atoms with Crippen LogP contribution in [-0.2, 0) is 14.9 Å². The van der Waals surface area contributed by atoms with Gasteiger partial charge in [-0.1, -0.05) is 32.9 Å². The number of hydrogen-bond donors (Lipinski definition) is 1. The quantitative estimate of drug-likeness (QED) is 0.854. The van der Waals surface area contributed by atoms with Crippen molar-refractivity contribution < 1.29 is 14.3 Å². The van der Waals surface area contributed by atoms with E-state index in [0.717, 1.165) is 12.1 Å². The molecule has 2 amide bonds. The van der Waals surface area contributed by atoms with Crippen LogP contribution in [0.3, 0.4) is 0 Å². The standard InChI is InChI=1S/C17H24N2O3/c1-17(2,3)12-7-9-13(10-8-12)18-16(21)19-11-5-6-14(19)15(20)22-4/h7-10,14H,5-6,11H2,1-4H3,(H,18,21). The maximum Gasteiger partial charge on any atom is 0.328 e. The number of benzene rings is 1. The van der Waals surface area contributed by atoms with E-state index in [1.807, 2.05) is 24.3 Å². The molecule has 1 heterocycles. The van der Waals surface area contributed by atoms with Crippen molar-refractivity contribution in [3.8, 4) is 0 Å². The minimum Gasteiger partial charge on any atom is -0.467 e. The van der Waals surface area contributed by atoms with Crippen LogP contribution < -0.4 is 5.32 Å². The average molecular weight is 304 g/mol. The Morgan fingerprint density at radius 3 is 2.41 bits per heavy atom. The average Bonchev–Trinajstić information content (AvgIpc) is 2.95. The second kappa shape index (κ2) is 6.38. The first-order valence-electron chi connectivity index (χ1n) is 7.59. The van der Waals surface area contributed by atoms with Gasteiger partial charge in [0.15, 0.2) is 0 Å². The van der Waals surface area contributed by atoms with Crippen LogP contribution in [0.15, 0.2) is 24.3 Å². The summed E-state index contributed by atoms with van der Waals surface area (Å²) in [5.74, 6) is -0.351. The smallest absolute Gasteiger partial charge is 0.328 e. The number of anilines is 1. The third-order valence-corrected chi connectivity index (χ3v) is 3.99. The molecule has 1 aliphatic heterocycles. The lowest BCUT2D eigenvalue weighted by Crippen LogP contribution is -2.43. The molecule has 5 heteroatoms. The molecule has 2 rings (SSSR count). The van der Waals surface area contributed by atoms with Gasteiger partial charge in [-0.15, -0.1) is 0 Å². The molecule has 1 N–H and O–H groups in total. The zero-order valence-corrected chi connectivity index (χ0v) is 13.7. The second-order valence-corrected chi connectivity index (χ2v) is 6.63. The minimum absolute atomic E-state index is 0.0769. The van der Waals surface area contributed by atoms with Crippen LogP contribution in [0.25, 0.3) is 0 Å². The number of hydrogen-bond acceptors (Lipinski definition) is 3. The summed E-state index contributed by atoms with van der Waals surface area (Å²) in [5.41, 5.74) is 2.01. The van der Waals surface area contributed by atoms with Crippen LogP contribution in [-0.4, -0.2) is 36.6 Å². The number of amides is 2. The van der Waals surface area contributed by atoms with E-state index in [1.54, 1.807) is 4.90 Å². The van der Waals surface area contributed by atoms with Gasteiger partial charge in [-0.3, -0.25) is 0 Å². The molecule has 120 valence electrons. The highest BCUT2D eigenvalue weighted by atomic mass is 16.5. The Hall–Kier alpha value is -2.04. The number of likely N-dealkylation sites (tertiary alicyclic amines) is 1. The molecule has 1 saturated heterocycles. The number of nitrogens with zero attached hydrogens (tertiary/aromatic N) is 1. The molecule has 1 aromatic carbocycles. The fourth-order valence-corrected chi connectivity index (χ4v) is 2.64. The van der Waals surface area contributed by atoms with Crippen molar-refractivity contribution in [2.75, 3.05) is 19.0 Å². The summed E-state index contributed by atoms with van der Waals surface area (Å²) in [6.45, 7) is 7.01. The summed E-state index contributed by atoms with van der Waals surface area (Å²) < 4.78 is 4.76. The summed E-state index contributed by atoms with van der Waals surface area (Å²) in [6.07, 6.45) is 1.47. The van der Waals surface area contributed by atoms with Crippen LogP contribution in [0.2, 0.25) is 0 Å². The highest BCUT2D eigenvalue weighted by Crippen LogP contribution is 2.24. The number of carbonyl (C=O) groups excluding carboxylic acids is 2. The highest BCUT2D eigenvalue weighted by molar-refractivity contribution is 5.93. The number of carbonyl (C=O) groups is 2. The Bertz CT molecular complexity index is 546. The molecule has 0 radical (unpaired) electrons. The second-order valence-electron chi connectivity index (χ2n) is 6.63. The molecule has 0 spiro atoms. The Morgan fingerprint density at radius 2 is 1.86 bits per heavy atom. The van der Waals surface area contributed by atoms with Gasteiger partial charge in [-0.25, -0.2) is 9.59 Å². The largest absolute Gasteiger partial charge is 0.467 e. The lowest BCUT2D eigenvalue weighted by molar-refractivity contribution is -0.144. The van der Waals surface area contributed by atoms with Crippen molar-refractivity contribution in [1.29, 1.82) is 0 Å². The molecule has 1 aromatic rings. The first-order chi connectivity index (χ1) is 10.3. The molecule has 1 atom stereocenters. The Balaban J connectivity index is 2.04. The van der Waals surface area contributed by atoms with Crippen molar-refractivity contribution in [3.05, 3.63) is 29.8 Å². The van der Waals surface area contributed by atoms with Crippen molar-refractivity contribution in [1.82, 2.24) is 4.90 Å². The van der Waals surface area contributed by atoms with Gasteiger partial charge in [0.1, 0.15) is 6.04 Å². The fourth-order valence-electron chi connectivity index (χ4n) is 2.64. The van der Waals surface area contributed by atoms with Gasteiger partial charge in [-0.05, 0) is 36.0 Å². The van der Waals surface area contributed by atoms with Crippen molar-refractivity contribution in [2.45, 2.75) is 45.1 Å². The maximum absolute atomic E-state index is 12.3. The van der Waals surface area contributed by atoms with E-state index in [9.17, 15) is 9.59 Å². The Morgan fingerprint density at radius 1 is 1.23 bits per heavy atom. The molecule has 1 unspecified atom stereocenters. The molecule has 1 aliphatic rings. The first-order valence-corrected chi connectivity index (χ1v) is 7.59. The number of nitrogens with one attached hydrogen (secondary N) is 1. The molecule has 0 aliphatic carbocycles. The van der Waals surface area contributed by atoms with Crippen LogP contribution in [0.4, 0.5) is 10.5 Å². The lowest BCUT2D eigenvalue weighted by Gasteiger charge is -2.23. The van der Waals surface area contributed by atoms with E-state index < -0.39 is 6.04 Å². The summed E-state index contributed by atoms with van der Waals surface area (Å²) >= 11 is 0. The zero-order chi connectivity index (χ0) is 16.3. The molecule has 5 nitrogen and oxygen atoms in total. The normalized spacial score (nSPS) is 18.2. The van der Waals surface area contributed by atoms with Crippen LogP contribution in [0, 0.1) is 0 Å². The van der Waals surface area contributed by atoms with Crippen molar-refractivity contribution in [2.24, 2.45) is 0 Å². The van der Waals surface area contributed by atoms with Gasteiger partial charge in [0, 0.05) is 12.2 Å². The number of esters is 1. The van der Waals surface area contributed by atoms with Crippen molar-refractivity contribution in [3.63, 3.8) is 0 Å².